The maximum atomic E-state index is 12.4. The zero-order valence-corrected chi connectivity index (χ0v) is 13.7. The van der Waals surface area contributed by atoms with Crippen molar-refractivity contribution in [2.45, 2.75) is 19.4 Å². The molecule has 0 aromatic carbocycles. The highest BCUT2D eigenvalue weighted by molar-refractivity contribution is 5.78. The first-order valence-electron chi connectivity index (χ1n) is 8.39. The normalized spacial score (nSPS) is 15.4. The predicted molar refractivity (Wildman–Crippen MR) is 91.8 cm³/mol. The van der Waals surface area contributed by atoms with E-state index in [9.17, 15) is 4.79 Å². The van der Waals surface area contributed by atoms with Crippen LogP contribution in [0.25, 0.3) is 5.65 Å². The zero-order valence-electron chi connectivity index (χ0n) is 13.7. The number of anilines is 1. The van der Waals surface area contributed by atoms with Gasteiger partial charge in [0.1, 0.15) is 12.1 Å². The number of rotatable bonds is 4. The van der Waals surface area contributed by atoms with Crippen molar-refractivity contribution in [3.63, 3.8) is 0 Å². The number of pyridine rings is 1. The van der Waals surface area contributed by atoms with Gasteiger partial charge in [0, 0.05) is 25.2 Å². The molecule has 1 aliphatic rings. The van der Waals surface area contributed by atoms with Crippen LogP contribution in [0.5, 0.6) is 0 Å². The van der Waals surface area contributed by atoms with Crippen molar-refractivity contribution in [1.82, 2.24) is 30.1 Å². The molecule has 0 saturated carbocycles. The minimum atomic E-state index is 0.0404. The summed E-state index contributed by atoms with van der Waals surface area (Å²) >= 11 is 0. The third kappa shape index (κ3) is 3.42. The predicted octanol–water partition coefficient (Wildman–Crippen LogP) is 1.05. The molecule has 8 nitrogen and oxygen atoms in total. The van der Waals surface area contributed by atoms with Crippen molar-refractivity contribution in [1.29, 1.82) is 0 Å². The van der Waals surface area contributed by atoms with E-state index in [0.717, 1.165) is 43.1 Å². The van der Waals surface area contributed by atoms with E-state index in [4.69, 9.17) is 0 Å². The van der Waals surface area contributed by atoms with Crippen molar-refractivity contribution < 1.29 is 4.79 Å². The molecular weight excluding hydrogens is 318 g/mol. The van der Waals surface area contributed by atoms with Gasteiger partial charge in [-0.05, 0) is 37.1 Å². The monoisotopic (exact) mass is 337 g/mol. The second kappa shape index (κ2) is 6.84. The van der Waals surface area contributed by atoms with Gasteiger partial charge < -0.3 is 10.2 Å². The first-order valence-corrected chi connectivity index (χ1v) is 8.39. The Bertz CT molecular complexity index is 856. The van der Waals surface area contributed by atoms with Gasteiger partial charge in [-0.3, -0.25) is 9.78 Å². The summed E-state index contributed by atoms with van der Waals surface area (Å²) in [6.07, 6.45) is 4.96. The minimum absolute atomic E-state index is 0.0404. The highest BCUT2D eigenvalue weighted by Gasteiger charge is 2.25. The highest BCUT2D eigenvalue weighted by atomic mass is 16.1. The second-order valence-electron chi connectivity index (χ2n) is 6.13. The van der Waals surface area contributed by atoms with E-state index in [-0.39, 0.29) is 11.8 Å². The van der Waals surface area contributed by atoms with Crippen LogP contribution in [-0.4, -0.2) is 43.8 Å². The third-order valence-corrected chi connectivity index (χ3v) is 4.51. The van der Waals surface area contributed by atoms with Crippen molar-refractivity contribution >= 4 is 17.4 Å². The van der Waals surface area contributed by atoms with E-state index in [1.807, 2.05) is 30.3 Å². The molecule has 3 aromatic rings. The van der Waals surface area contributed by atoms with Crippen LogP contribution < -0.4 is 10.2 Å². The number of carbonyl (C=O) groups excluding carboxylic acids is 1. The number of carbonyl (C=O) groups is 1. The van der Waals surface area contributed by atoms with Crippen LogP contribution >= 0.6 is 0 Å². The van der Waals surface area contributed by atoms with E-state index in [1.165, 1.54) is 0 Å². The van der Waals surface area contributed by atoms with Gasteiger partial charge in [-0.1, -0.05) is 6.07 Å². The van der Waals surface area contributed by atoms with Gasteiger partial charge in [0.05, 0.1) is 12.2 Å². The Labute approximate surface area is 144 Å². The molecule has 4 heterocycles. The number of amides is 1. The van der Waals surface area contributed by atoms with Crippen molar-refractivity contribution in [3.05, 3.63) is 48.5 Å². The van der Waals surface area contributed by atoms with Crippen LogP contribution in [0.15, 0.2) is 42.9 Å². The van der Waals surface area contributed by atoms with Crippen LogP contribution in [0, 0.1) is 5.92 Å². The summed E-state index contributed by atoms with van der Waals surface area (Å²) < 4.78 is 1.67. The van der Waals surface area contributed by atoms with Crippen molar-refractivity contribution in [2.75, 3.05) is 18.0 Å². The Kier molecular flexibility index (Phi) is 4.24. The maximum Gasteiger partial charge on any atom is 0.223 e. The van der Waals surface area contributed by atoms with Crippen LogP contribution in [0.4, 0.5) is 5.82 Å². The number of hydrogen-bond donors (Lipinski definition) is 1. The molecule has 0 unspecified atom stereocenters. The smallest absolute Gasteiger partial charge is 0.223 e. The fourth-order valence-corrected chi connectivity index (χ4v) is 3.08. The molecule has 0 atom stereocenters. The fraction of sp³-hybridized carbons (Fsp3) is 0.353. The van der Waals surface area contributed by atoms with Crippen LogP contribution in [0.2, 0.25) is 0 Å². The van der Waals surface area contributed by atoms with Gasteiger partial charge in [0.2, 0.25) is 5.91 Å². The Morgan fingerprint density at radius 1 is 1.20 bits per heavy atom. The molecule has 0 bridgehead atoms. The summed E-state index contributed by atoms with van der Waals surface area (Å²) in [4.78, 5) is 18.8. The zero-order chi connectivity index (χ0) is 17.1. The largest absolute Gasteiger partial charge is 0.355 e. The molecular formula is C17H19N7O. The van der Waals surface area contributed by atoms with E-state index in [1.54, 1.807) is 17.0 Å². The molecule has 1 N–H and O–H groups in total. The second-order valence-corrected chi connectivity index (χ2v) is 6.13. The number of nitrogens with one attached hydrogen (secondary N) is 1. The number of piperidine rings is 1. The summed E-state index contributed by atoms with van der Waals surface area (Å²) in [5, 5.41) is 15.3. The molecule has 1 saturated heterocycles. The van der Waals surface area contributed by atoms with Gasteiger partial charge in [-0.15, -0.1) is 15.3 Å². The molecule has 0 radical (unpaired) electrons. The summed E-state index contributed by atoms with van der Waals surface area (Å²) in [5.41, 5.74) is 1.60. The molecule has 4 rings (SSSR count). The lowest BCUT2D eigenvalue weighted by Gasteiger charge is -2.31. The Morgan fingerprint density at radius 3 is 2.88 bits per heavy atom. The van der Waals surface area contributed by atoms with Gasteiger partial charge >= 0.3 is 0 Å². The molecule has 128 valence electrons. The number of nitrogens with zero attached hydrogens (tertiary/aromatic N) is 6. The van der Waals surface area contributed by atoms with E-state index >= 15 is 0 Å². The summed E-state index contributed by atoms with van der Waals surface area (Å²) in [5.74, 6) is 1.03. The lowest BCUT2D eigenvalue weighted by Crippen LogP contribution is -2.40. The molecule has 3 aromatic heterocycles. The molecule has 0 spiro atoms. The summed E-state index contributed by atoms with van der Waals surface area (Å²) in [6.45, 7) is 2.09. The standard InChI is InChI=1S/C17H19N7O/c25-17(19-11-14-3-1-2-8-18-14)13-6-9-23(10-7-13)16-5-4-15-21-20-12-24(15)22-16/h1-5,8,12-13H,6-7,9-11H2,(H,19,25). The first kappa shape index (κ1) is 15.5. The van der Waals surface area contributed by atoms with Gasteiger partial charge in [-0.25, -0.2) is 0 Å². The number of fused-ring (bicyclic) bond motifs is 1. The number of aromatic nitrogens is 5. The van der Waals surface area contributed by atoms with Crippen LogP contribution in [0.3, 0.4) is 0 Å². The third-order valence-electron chi connectivity index (χ3n) is 4.51. The molecule has 0 aliphatic carbocycles. The van der Waals surface area contributed by atoms with Crippen LogP contribution in [0.1, 0.15) is 18.5 Å². The average Bonchev–Trinajstić information content (AvgIpc) is 3.15. The van der Waals surface area contributed by atoms with E-state index < -0.39 is 0 Å². The molecule has 8 heteroatoms. The molecule has 25 heavy (non-hydrogen) atoms. The number of hydrogen-bond acceptors (Lipinski definition) is 6. The molecule has 1 amide bonds. The average molecular weight is 337 g/mol. The minimum Gasteiger partial charge on any atom is -0.355 e. The highest BCUT2D eigenvalue weighted by Crippen LogP contribution is 2.22. The van der Waals surface area contributed by atoms with Gasteiger partial charge in [0.25, 0.3) is 0 Å². The fourth-order valence-electron chi connectivity index (χ4n) is 3.08. The quantitative estimate of drug-likeness (QED) is 0.766. The first-order chi connectivity index (χ1) is 12.3. The SMILES string of the molecule is O=C(NCc1ccccn1)C1CCN(c2ccc3nncn3n2)CC1. The van der Waals surface area contributed by atoms with E-state index in [0.29, 0.717) is 6.54 Å². The summed E-state index contributed by atoms with van der Waals surface area (Å²) in [7, 11) is 0. The van der Waals surface area contributed by atoms with Gasteiger partial charge in [0.15, 0.2) is 5.65 Å². The maximum absolute atomic E-state index is 12.4. The lowest BCUT2D eigenvalue weighted by atomic mass is 9.96. The topological polar surface area (TPSA) is 88.3 Å². The molecule has 1 fully saturated rings. The van der Waals surface area contributed by atoms with Crippen molar-refractivity contribution in [2.24, 2.45) is 5.92 Å². The Balaban J connectivity index is 1.32. The van der Waals surface area contributed by atoms with Crippen molar-refractivity contribution in [3.8, 4) is 0 Å². The summed E-state index contributed by atoms with van der Waals surface area (Å²) in [6, 6.07) is 9.56. The Morgan fingerprint density at radius 2 is 2.08 bits per heavy atom. The van der Waals surface area contributed by atoms with Gasteiger partial charge in [-0.2, -0.15) is 4.52 Å². The lowest BCUT2D eigenvalue weighted by molar-refractivity contribution is -0.125. The van der Waals surface area contributed by atoms with E-state index in [2.05, 4.69) is 30.5 Å². The molecule has 1 aliphatic heterocycles. The Hall–Kier alpha value is -3.03. The van der Waals surface area contributed by atoms with Crippen LogP contribution in [-0.2, 0) is 11.3 Å².